The molecule has 0 saturated heterocycles. The summed E-state index contributed by atoms with van der Waals surface area (Å²) >= 11 is 6.24. The van der Waals surface area contributed by atoms with Crippen molar-refractivity contribution >= 4 is 34.3 Å². The second-order valence-electron chi connectivity index (χ2n) is 6.87. The third-order valence-electron chi connectivity index (χ3n) is 4.61. The number of anilines is 1. The first-order valence-corrected chi connectivity index (χ1v) is 10.2. The number of carbonyl (C=O) groups is 1. The first-order valence-electron chi connectivity index (χ1n) is 9.84. The van der Waals surface area contributed by atoms with E-state index in [2.05, 4.69) is 17.2 Å². The lowest BCUT2D eigenvalue weighted by Gasteiger charge is -2.08. The maximum absolute atomic E-state index is 12.7. The number of carbonyl (C=O) groups excluding carboxylic acids is 1. The Bertz CT molecular complexity index is 1190. The number of rotatable bonds is 7. The number of fused-ring (bicyclic) bond motifs is 1. The summed E-state index contributed by atoms with van der Waals surface area (Å²) in [5, 5.41) is 3.47. The molecule has 152 valence electrons. The van der Waals surface area contributed by atoms with Crippen LogP contribution in [0.4, 0.5) is 5.69 Å². The molecule has 0 radical (unpaired) electrons. The molecule has 3 aromatic carbocycles. The van der Waals surface area contributed by atoms with E-state index in [1.807, 2.05) is 30.3 Å². The number of amides is 1. The minimum atomic E-state index is -0.217. The van der Waals surface area contributed by atoms with Crippen molar-refractivity contribution in [2.75, 3.05) is 11.9 Å². The molecule has 30 heavy (non-hydrogen) atoms. The maximum Gasteiger partial charge on any atom is 0.255 e. The topological polar surface area (TPSA) is 64.4 Å². The van der Waals surface area contributed by atoms with E-state index < -0.39 is 0 Å². The molecule has 0 saturated carbocycles. The Kier molecular flexibility index (Phi) is 6.00. The summed E-state index contributed by atoms with van der Waals surface area (Å²) in [5.74, 6) is 0.911. The first kappa shape index (κ1) is 20.0. The number of unbranched alkanes of at least 4 members (excludes halogenated alkanes) is 1. The van der Waals surface area contributed by atoms with Crippen molar-refractivity contribution in [3.8, 4) is 17.2 Å². The van der Waals surface area contributed by atoms with Gasteiger partial charge in [-0.1, -0.05) is 43.1 Å². The average Bonchev–Trinajstić information content (AvgIpc) is 3.17. The molecule has 0 spiro atoms. The van der Waals surface area contributed by atoms with Crippen LogP contribution in [-0.2, 0) is 0 Å². The van der Waals surface area contributed by atoms with E-state index in [1.165, 1.54) is 0 Å². The first-order chi connectivity index (χ1) is 14.6. The Morgan fingerprint density at radius 3 is 2.80 bits per heavy atom. The van der Waals surface area contributed by atoms with Gasteiger partial charge in [-0.05, 0) is 55.0 Å². The Morgan fingerprint density at radius 1 is 1.10 bits per heavy atom. The molecule has 1 N–H and O–H groups in total. The van der Waals surface area contributed by atoms with Crippen molar-refractivity contribution < 1.29 is 13.9 Å². The van der Waals surface area contributed by atoms with Gasteiger partial charge in [0.1, 0.15) is 11.3 Å². The molecule has 0 aliphatic heterocycles. The number of hydrogen-bond acceptors (Lipinski definition) is 4. The number of aromatic nitrogens is 1. The average molecular weight is 421 g/mol. The van der Waals surface area contributed by atoms with Crippen molar-refractivity contribution in [2.24, 2.45) is 0 Å². The number of nitrogens with zero attached hydrogens (tertiary/aromatic N) is 1. The third-order valence-corrected chi connectivity index (χ3v) is 4.94. The number of oxazole rings is 1. The molecular formula is C24H21ClN2O3. The molecule has 0 fully saturated rings. The van der Waals surface area contributed by atoms with Crippen LogP contribution < -0.4 is 10.1 Å². The van der Waals surface area contributed by atoms with Gasteiger partial charge in [0.2, 0.25) is 5.89 Å². The van der Waals surface area contributed by atoms with Crippen LogP contribution in [0.1, 0.15) is 30.1 Å². The number of benzene rings is 3. The van der Waals surface area contributed by atoms with Crippen molar-refractivity contribution in [3.63, 3.8) is 0 Å². The fraction of sp³-hybridized carbons (Fsp3) is 0.167. The zero-order chi connectivity index (χ0) is 20.9. The summed E-state index contributed by atoms with van der Waals surface area (Å²) in [6.07, 6.45) is 2.03. The predicted octanol–water partition coefficient (Wildman–Crippen LogP) is 6.58. The second kappa shape index (κ2) is 9.01. The van der Waals surface area contributed by atoms with Crippen LogP contribution in [0.3, 0.4) is 0 Å². The van der Waals surface area contributed by atoms with Gasteiger partial charge in [-0.15, -0.1) is 0 Å². The minimum absolute atomic E-state index is 0.217. The number of nitrogens with one attached hydrogen (secondary N) is 1. The van der Waals surface area contributed by atoms with Crippen LogP contribution in [-0.4, -0.2) is 17.5 Å². The van der Waals surface area contributed by atoms with Crippen LogP contribution in [0.15, 0.2) is 71.1 Å². The van der Waals surface area contributed by atoms with Gasteiger partial charge < -0.3 is 14.5 Å². The lowest BCUT2D eigenvalue weighted by Crippen LogP contribution is -2.12. The molecule has 0 aliphatic carbocycles. The van der Waals surface area contributed by atoms with Crippen LogP contribution in [0.25, 0.3) is 22.6 Å². The Hall–Kier alpha value is -3.31. The highest BCUT2D eigenvalue weighted by Gasteiger charge is 2.13. The van der Waals surface area contributed by atoms with Crippen molar-refractivity contribution in [1.29, 1.82) is 0 Å². The molecule has 4 rings (SSSR count). The van der Waals surface area contributed by atoms with Gasteiger partial charge in [-0.3, -0.25) is 4.79 Å². The van der Waals surface area contributed by atoms with Gasteiger partial charge in [0.15, 0.2) is 5.58 Å². The highest BCUT2D eigenvalue weighted by atomic mass is 35.5. The zero-order valence-corrected chi connectivity index (χ0v) is 17.3. The standard InChI is InChI=1S/C24H21ClN2O3/c1-2-3-13-29-18-8-6-7-16(14-18)23(28)26-17-11-12-22-21(15-17)27-24(30-22)19-9-4-5-10-20(19)25/h4-12,14-15H,2-3,13H2,1H3,(H,26,28). The molecule has 0 aliphatic rings. The number of hydrogen-bond donors (Lipinski definition) is 1. The number of ether oxygens (including phenoxy) is 1. The molecule has 1 amide bonds. The third kappa shape index (κ3) is 4.47. The highest BCUT2D eigenvalue weighted by molar-refractivity contribution is 6.33. The monoisotopic (exact) mass is 420 g/mol. The molecule has 0 atom stereocenters. The van der Waals surface area contributed by atoms with Gasteiger partial charge in [0, 0.05) is 11.3 Å². The smallest absolute Gasteiger partial charge is 0.255 e. The van der Waals surface area contributed by atoms with Crippen molar-refractivity contribution in [1.82, 2.24) is 4.98 Å². The fourth-order valence-corrected chi connectivity index (χ4v) is 3.24. The summed E-state index contributed by atoms with van der Waals surface area (Å²) in [6, 6.07) is 19.9. The van der Waals surface area contributed by atoms with E-state index in [0.717, 1.165) is 18.4 Å². The molecule has 6 heteroatoms. The lowest BCUT2D eigenvalue weighted by molar-refractivity contribution is 0.102. The second-order valence-corrected chi connectivity index (χ2v) is 7.27. The largest absolute Gasteiger partial charge is 0.494 e. The SMILES string of the molecule is CCCCOc1cccc(C(=O)Nc2ccc3oc(-c4ccccc4Cl)nc3c2)c1. The molecule has 1 aromatic heterocycles. The van der Waals surface area contributed by atoms with Gasteiger partial charge in [0.05, 0.1) is 17.2 Å². The van der Waals surface area contributed by atoms with Crippen LogP contribution in [0.5, 0.6) is 5.75 Å². The van der Waals surface area contributed by atoms with E-state index in [1.54, 1.807) is 36.4 Å². The fourth-order valence-electron chi connectivity index (χ4n) is 3.02. The summed E-state index contributed by atoms with van der Waals surface area (Å²) in [4.78, 5) is 17.2. The van der Waals surface area contributed by atoms with E-state index >= 15 is 0 Å². The highest BCUT2D eigenvalue weighted by Crippen LogP contribution is 2.30. The van der Waals surface area contributed by atoms with Gasteiger partial charge in [-0.2, -0.15) is 0 Å². The normalized spacial score (nSPS) is 10.9. The zero-order valence-electron chi connectivity index (χ0n) is 16.5. The molecular weight excluding hydrogens is 400 g/mol. The molecule has 4 aromatic rings. The Labute approximate surface area is 179 Å². The molecule has 0 unspecified atom stereocenters. The Balaban J connectivity index is 1.52. The van der Waals surface area contributed by atoms with Gasteiger partial charge in [-0.25, -0.2) is 4.98 Å². The van der Waals surface area contributed by atoms with Crippen LogP contribution in [0, 0.1) is 0 Å². The summed E-state index contributed by atoms with van der Waals surface area (Å²) in [5.41, 5.74) is 3.14. The van der Waals surface area contributed by atoms with E-state index in [0.29, 0.717) is 45.6 Å². The van der Waals surface area contributed by atoms with Gasteiger partial charge >= 0.3 is 0 Å². The predicted molar refractivity (Wildman–Crippen MR) is 119 cm³/mol. The van der Waals surface area contributed by atoms with Crippen molar-refractivity contribution in [2.45, 2.75) is 19.8 Å². The summed E-state index contributed by atoms with van der Waals surface area (Å²) in [6.45, 7) is 2.74. The minimum Gasteiger partial charge on any atom is -0.494 e. The van der Waals surface area contributed by atoms with E-state index in [-0.39, 0.29) is 5.91 Å². The summed E-state index contributed by atoms with van der Waals surface area (Å²) in [7, 11) is 0. The van der Waals surface area contributed by atoms with E-state index in [9.17, 15) is 4.79 Å². The van der Waals surface area contributed by atoms with Crippen LogP contribution >= 0.6 is 11.6 Å². The maximum atomic E-state index is 12.7. The van der Waals surface area contributed by atoms with E-state index in [4.69, 9.17) is 20.8 Å². The van der Waals surface area contributed by atoms with Gasteiger partial charge in [0.25, 0.3) is 5.91 Å². The number of halogens is 1. The molecule has 1 heterocycles. The van der Waals surface area contributed by atoms with Crippen LogP contribution in [0.2, 0.25) is 5.02 Å². The lowest BCUT2D eigenvalue weighted by atomic mass is 10.2. The Morgan fingerprint density at radius 2 is 1.97 bits per heavy atom. The molecule has 5 nitrogen and oxygen atoms in total. The molecule has 0 bridgehead atoms. The quantitative estimate of drug-likeness (QED) is 0.343. The van der Waals surface area contributed by atoms with Crippen molar-refractivity contribution in [3.05, 3.63) is 77.3 Å². The summed E-state index contributed by atoms with van der Waals surface area (Å²) < 4.78 is 11.5.